The van der Waals surface area contributed by atoms with Crippen LogP contribution in [0.15, 0.2) is 18.2 Å². The predicted molar refractivity (Wildman–Crippen MR) is 98.0 cm³/mol. The number of hydrogen-bond donors (Lipinski definition) is 0. The normalized spacial score (nSPS) is 23.1. The molecule has 3 atom stereocenters. The monoisotopic (exact) mass is 371 g/mol. The fourth-order valence-corrected chi connectivity index (χ4v) is 4.05. The van der Waals surface area contributed by atoms with Crippen LogP contribution in [0.4, 0.5) is 0 Å². The summed E-state index contributed by atoms with van der Waals surface area (Å²) in [7, 11) is 0. The Labute approximate surface area is 158 Å². The van der Waals surface area contributed by atoms with Crippen molar-refractivity contribution in [2.45, 2.75) is 52.5 Å². The predicted octanol–water partition coefficient (Wildman–Crippen LogP) is 2.59. The van der Waals surface area contributed by atoms with E-state index in [2.05, 4.69) is 0 Å². The zero-order chi connectivity index (χ0) is 19.7. The van der Waals surface area contributed by atoms with E-state index in [1.165, 1.54) is 6.92 Å². The average molecular weight is 371 g/mol. The van der Waals surface area contributed by atoms with Crippen LogP contribution in [0.25, 0.3) is 0 Å². The molecule has 1 saturated heterocycles. The third-order valence-electron chi connectivity index (χ3n) is 5.64. The fraction of sp³-hybridized carbons (Fsp3) is 0.524. The molecule has 27 heavy (non-hydrogen) atoms. The Bertz CT molecular complexity index is 776. The minimum absolute atomic E-state index is 0.282. The van der Waals surface area contributed by atoms with Crippen molar-refractivity contribution in [2.75, 3.05) is 6.61 Å². The van der Waals surface area contributed by atoms with E-state index >= 15 is 0 Å². The van der Waals surface area contributed by atoms with Crippen LogP contribution in [0.2, 0.25) is 0 Å². The van der Waals surface area contributed by atoms with E-state index in [0.29, 0.717) is 18.4 Å². The van der Waals surface area contributed by atoms with Crippen LogP contribution in [-0.4, -0.2) is 41.1 Å². The molecule has 2 fully saturated rings. The lowest BCUT2D eigenvalue weighted by Gasteiger charge is -2.21. The average Bonchev–Trinajstić information content (AvgIpc) is 2.92. The van der Waals surface area contributed by atoms with Gasteiger partial charge in [-0.25, -0.2) is 4.79 Å². The van der Waals surface area contributed by atoms with Gasteiger partial charge in [-0.05, 0) is 45.2 Å². The van der Waals surface area contributed by atoms with Crippen LogP contribution in [-0.2, 0) is 19.1 Å². The van der Waals surface area contributed by atoms with E-state index < -0.39 is 18.6 Å². The van der Waals surface area contributed by atoms with Crippen molar-refractivity contribution >= 4 is 23.6 Å². The van der Waals surface area contributed by atoms with Gasteiger partial charge in [-0.15, -0.1) is 0 Å². The van der Waals surface area contributed by atoms with Crippen LogP contribution < -0.4 is 0 Å². The zero-order valence-electron chi connectivity index (χ0n) is 16.0. The molecule has 1 aromatic rings. The molecule has 6 nitrogen and oxygen atoms in total. The van der Waals surface area contributed by atoms with Crippen LogP contribution >= 0.6 is 0 Å². The lowest BCUT2D eigenvalue weighted by Crippen LogP contribution is -2.44. The molecule has 3 rings (SSSR count). The highest BCUT2D eigenvalue weighted by atomic mass is 16.5. The summed E-state index contributed by atoms with van der Waals surface area (Å²) in [4.78, 5) is 51.0. The minimum Gasteiger partial charge on any atom is -0.456 e. The molecule has 0 radical (unpaired) electrons. The van der Waals surface area contributed by atoms with Crippen molar-refractivity contribution in [3.05, 3.63) is 34.9 Å². The molecule has 2 amide bonds. The maximum atomic E-state index is 12.6. The number of aryl methyl sites for hydroxylation is 2. The first-order valence-corrected chi connectivity index (χ1v) is 9.45. The van der Waals surface area contributed by atoms with Gasteiger partial charge in [0, 0.05) is 5.56 Å². The van der Waals surface area contributed by atoms with Gasteiger partial charge in [-0.1, -0.05) is 30.5 Å². The summed E-state index contributed by atoms with van der Waals surface area (Å²) >= 11 is 0. The highest BCUT2D eigenvalue weighted by Gasteiger charge is 2.51. The molecule has 1 saturated carbocycles. The van der Waals surface area contributed by atoms with Crippen molar-refractivity contribution in [1.29, 1.82) is 0 Å². The SMILES string of the molecule is Cc1ccc(C)c(C(=O)COC(=O)[C@H](C)N2C(=O)[C@H]3CCCC[C@H]3C2=O)c1. The minimum atomic E-state index is -1.01. The van der Waals surface area contributed by atoms with E-state index in [1.807, 2.05) is 26.0 Å². The Morgan fingerprint density at radius 1 is 1.11 bits per heavy atom. The standard InChI is InChI=1S/C21H25NO5/c1-12-8-9-13(2)17(10-12)18(23)11-27-21(26)14(3)22-19(24)15-6-4-5-7-16(15)20(22)25/h8-10,14-16H,4-7,11H2,1-3H3/t14-,15-,16+/m0/s1. The van der Waals surface area contributed by atoms with Gasteiger partial charge < -0.3 is 4.74 Å². The number of ether oxygens (including phenoxy) is 1. The summed E-state index contributed by atoms with van der Waals surface area (Å²) in [6.45, 7) is 4.78. The molecule has 1 aromatic carbocycles. The summed E-state index contributed by atoms with van der Waals surface area (Å²) in [6, 6.07) is 4.50. The van der Waals surface area contributed by atoms with Gasteiger partial charge in [0.2, 0.25) is 17.6 Å². The molecule has 0 aromatic heterocycles. The molecule has 1 heterocycles. The molecular weight excluding hydrogens is 346 g/mol. The number of nitrogens with zero attached hydrogens (tertiary/aromatic N) is 1. The third-order valence-corrected chi connectivity index (χ3v) is 5.64. The largest absolute Gasteiger partial charge is 0.456 e. The van der Waals surface area contributed by atoms with Crippen molar-refractivity contribution in [3.8, 4) is 0 Å². The van der Waals surface area contributed by atoms with E-state index in [4.69, 9.17) is 4.74 Å². The fourth-order valence-electron chi connectivity index (χ4n) is 4.05. The van der Waals surface area contributed by atoms with Gasteiger partial charge in [0.05, 0.1) is 11.8 Å². The van der Waals surface area contributed by atoms with Gasteiger partial charge >= 0.3 is 5.97 Å². The second-order valence-electron chi connectivity index (χ2n) is 7.57. The molecule has 0 bridgehead atoms. The molecule has 0 spiro atoms. The molecule has 144 valence electrons. The summed E-state index contributed by atoms with van der Waals surface area (Å²) in [5.74, 6) is -2.21. The molecular formula is C21H25NO5. The van der Waals surface area contributed by atoms with E-state index in [9.17, 15) is 19.2 Å². The first kappa shape index (κ1) is 19.3. The molecule has 0 unspecified atom stereocenters. The van der Waals surface area contributed by atoms with Crippen molar-refractivity contribution in [3.63, 3.8) is 0 Å². The number of carbonyl (C=O) groups excluding carboxylic acids is 4. The Morgan fingerprint density at radius 2 is 1.70 bits per heavy atom. The molecule has 2 aliphatic rings. The van der Waals surface area contributed by atoms with Crippen molar-refractivity contribution < 1.29 is 23.9 Å². The lowest BCUT2D eigenvalue weighted by molar-refractivity contribution is -0.157. The number of likely N-dealkylation sites (tertiary alicyclic amines) is 1. The van der Waals surface area contributed by atoms with E-state index in [1.54, 1.807) is 6.07 Å². The number of hydrogen-bond acceptors (Lipinski definition) is 5. The number of amides is 2. The van der Waals surface area contributed by atoms with Crippen LogP contribution in [0.1, 0.15) is 54.1 Å². The maximum absolute atomic E-state index is 12.6. The second-order valence-corrected chi connectivity index (χ2v) is 7.57. The number of carbonyl (C=O) groups is 4. The summed E-state index contributed by atoms with van der Waals surface area (Å²) in [5.41, 5.74) is 2.26. The van der Waals surface area contributed by atoms with Crippen molar-refractivity contribution in [2.24, 2.45) is 11.8 Å². The van der Waals surface area contributed by atoms with E-state index in [-0.39, 0.29) is 29.4 Å². The smallest absolute Gasteiger partial charge is 0.329 e. The topological polar surface area (TPSA) is 80.8 Å². The summed E-state index contributed by atoms with van der Waals surface area (Å²) in [5, 5.41) is 0. The van der Waals surface area contributed by atoms with Crippen LogP contribution in [0.5, 0.6) is 0 Å². The van der Waals surface area contributed by atoms with Crippen LogP contribution in [0, 0.1) is 25.7 Å². The number of ketones is 1. The number of fused-ring (bicyclic) bond motifs is 1. The second kappa shape index (κ2) is 7.62. The maximum Gasteiger partial charge on any atom is 0.329 e. The number of esters is 1. The zero-order valence-corrected chi connectivity index (χ0v) is 16.0. The Balaban J connectivity index is 1.64. The van der Waals surface area contributed by atoms with Gasteiger partial charge in [-0.2, -0.15) is 0 Å². The highest BCUT2D eigenvalue weighted by molar-refractivity contribution is 6.08. The van der Waals surface area contributed by atoms with Gasteiger partial charge in [0.1, 0.15) is 6.04 Å². The molecule has 1 aliphatic carbocycles. The molecule has 1 aliphatic heterocycles. The first-order chi connectivity index (χ1) is 12.8. The van der Waals surface area contributed by atoms with E-state index in [0.717, 1.165) is 28.9 Å². The Kier molecular flexibility index (Phi) is 5.44. The quantitative estimate of drug-likeness (QED) is 0.451. The number of imide groups is 1. The van der Waals surface area contributed by atoms with Gasteiger partial charge in [0.15, 0.2) is 6.61 Å². The number of benzene rings is 1. The third kappa shape index (κ3) is 3.66. The van der Waals surface area contributed by atoms with Crippen LogP contribution in [0.3, 0.4) is 0 Å². The molecule has 6 heteroatoms. The number of rotatable bonds is 5. The lowest BCUT2D eigenvalue weighted by atomic mass is 9.81. The highest BCUT2D eigenvalue weighted by Crippen LogP contribution is 2.38. The Morgan fingerprint density at radius 3 is 2.30 bits per heavy atom. The van der Waals surface area contributed by atoms with Gasteiger partial charge in [0.25, 0.3) is 0 Å². The number of Topliss-reactive ketones (excluding diaryl/α,β-unsaturated/α-hetero) is 1. The Hall–Kier alpha value is -2.50. The summed E-state index contributed by atoms with van der Waals surface area (Å²) in [6.07, 6.45) is 3.24. The first-order valence-electron chi connectivity index (χ1n) is 9.45. The van der Waals surface area contributed by atoms with Gasteiger partial charge in [-0.3, -0.25) is 19.3 Å². The molecule has 0 N–H and O–H groups in total. The van der Waals surface area contributed by atoms with Crippen molar-refractivity contribution in [1.82, 2.24) is 4.90 Å². The summed E-state index contributed by atoms with van der Waals surface area (Å²) < 4.78 is 5.14.